The zero-order valence-electron chi connectivity index (χ0n) is 17.2. The number of fused-ring (bicyclic) bond motifs is 1. The van der Waals surface area contributed by atoms with Crippen LogP contribution in [0.5, 0.6) is 0 Å². The Kier molecular flexibility index (Phi) is 6.18. The number of anilines is 1. The Labute approximate surface area is 179 Å². The predicted octanol–water partition coefficient (Wildman–Crippen LogP) is 3.96. The van der Waals surface area contributed by atoms with E-state index < -0.39 is 18.0 Å². The zero-order valence-corrected chi connectivity index (χ0v) is 17.2. The van der Waals surface area contributed by atoms with Gasteiger partial charge in [0.15, 0.2) is 6.10 Å². The molecule has 5 atom stereocenters. The van der Waals surface area contributed by atoms with Crippen molar-refractivity contribution in [3.05, 3.63) is 76.1 Å². The van der Waals surface area contributed by atoms with E-state index in [9.17, 15) is 19.3 Å². The number of nitro groups is 1. The molecule has 2 aromatic carbocycles. The first-order valence-electron chi connectivity index (χ1n) is 10.5. The first-order chi connectivity index (χ1) is 15.0. The van der Waals surface area contributed by atoms with E-state index >= 15 is 0 Å². The van der Waals surface area contributed by atoms with Crippen LogP contribution >= 0.6 is 0 Å². The van der Waals surface area contributed by atoms with Gasteiger partial charge in [0, 0.05) is 10.8 Å². The fourth-order valence-corrected chi connectivity index (χ4v) is 5.04. The van der Waals surface area contributed by atoms with Crippen LogP contribution < -0.4 is 5.06 Å². The van der Waals surface area contributed by atoms with Gasteiger partial charge in [0.2, 0.25) is 6.54 Å². The van der Waals surface area contributed by atoms with E-state index in [0.29, 0.717) is 12.8 Å². The van der Waals surface area contributed by atoms with E-state index in [1.807, 2.05) is 30.3 Å². The quantitative estimate of drug-likeness (QED) is 0.377. The molecule has 1 saturated carbocycles. The second-order valence-electron chi connectivity index (χ2n) is 8.01. The first-order valence-corrected chi connectivity index (χ1v) is 10.5. The van der Waals surface area contributed by atoms with E-state index in [0.717, 1.165) is 11.3 Å². The van der Waals surface area contributed by atoms with Gasteiger partial charge in [-0.2, -0.15) is 0 Å². The molecule has 0 aromatic heterocycles. The lowest BCUT2D eigenvalue weighted by molar-refractivity contribution is -0.485. The number of hydrogen-bond acceptors (Lipinski definition) is 6. The number of benzene rings is 2. The number of rotatable bonds is 7. The molecular formula is C23H25FN2O5. The highest BCUT2D eigenvalue weighted by Gasteiger charge is 2.56. The number of hydroxylamine groups is 1. The zero-order chi connectivity index (χ0) is 22.0. The number of carbonyl (C=O) groups excluding carboxylic acids is 1. The van der Waals surface area contributed by atoms with E-state index in [4.69, 9.17) is 9.57 Å². The van der Waals surface area contributed by atoms with Crippen molar-refractivity contribution >= 4 is 11.7 Å². The number of ether oxygens (including phenoxy) is 1. The SMILES string of the molecule is CCOC(=O)[C@H]1ON(c2ccccc2)[C@H]2[C@@H]1CC[C@@H]2C(C[N+](=O)[O-])c1ccc(F)cc1. The third-order valence-corrected chi connectivity index (χ3v) is 6.29. The molecule has 0 spiro atoms. The minimum absolute atomic E-state index is 0.138. The van der Waals surface area contributed by atoms with Crippen molar-refractivity contribution in [3.63, 3.8) is 0 Å². The molecule has 0 radical (unpaired) electrons. The van der Waals surface area contributed by atoms with Crippen molar-refractivity contribution in [1.29, 1.82) is 0 Å². The fraction of sp³-hybridized carbons (Fsp3) is 0.435. The summed E-state index contributed by atoms with van der Waals surface area (Å²) >= 11 is 0. The van der Waals surface area contributed by atoms with Crippen molar-refractivity contribution in [2.75, 3.05) is 18.2 Å². The Bertz CT molecular complexity index is 923. The molecule has 2 fully saturated rings. The van der Waals surface area contributed by atoms with Gasteiger partial charge in [-0.15, -0.1) is 0 Å². The van der Waals surface area contributed by atoms with Crippen LogP contribution in [0.1, 0.15) is 31.2 Å². The number of carbonyl (C=O) groups is 1. The Morgan fingerprint density at radius 1 is 1.23 bits per heavy atom. The van der Waals surface area contributed by atoms with Gasteiger partial charge < -0.3 is 4.74 Å². The second kappa shape index (κ2) is 9.01. The van der Waals surface area contributed by atoms with Gasteiger partial charge in [-0.1, -0.05) is 30.3 Å². The Morgan fingerprint density at radius 3 is 2.58 bits per heavy atom. The fourth-order valence-electron chi connectivity index (χ4n) is 5.04. The van der Waals surface area contributed by atoms with Crippen molar-refractivity contribution in [1.82, 2.24) is 0 Å². The lowest BCUT2D eigenvalue weighted by Crippen LogP contribution is -2.39. The first kappa shape index (κ1) is 21.2. The standard InChI is InChI=1S/C23H25FN2O5/c1-2-30-23(27)22-19-13-12-18(21(19)26(31-22)17-6-4-3-5-7-17)20(14-25(28)29)15-8-10-16(24)11-9-15/h3-11,18-22H,2,12-14H2,1H3/t18-,19+,20?,21-,22+/m1/s1. The average molecular weight is 428 g/mol. The Morgan fingerprint density at radius 2 is 1.94 bits per heavy atom. The smallest absolute Gasteiger partial charge is 0.338 e. The topological polar surface area (TPSA) is 81.9 Å². The summed E-state index contributed by atoms with van der Waals surface area (Å²) in [6, 6.07) is 15.1. The lowest BCUT2D eigenvalue weighted by Gasteiger charge is -2.32. The third kappa shape index (κ3) is 4.25. The number of halogens is 1. The largest absolute Gasteiger partial charge is 0.464 e. The maximum atomic E-state index is 13.5. The molecule has 7 nitrogen and oxygen atoms in total. The lowest BCUT2D eigenvalue weighted by atomic mass is 9.80. The average Bonchev–Trinajstić information content (AvgIpc) is 3.34. The van der Waals surface area contributed by atoms with Crippen LogP contribution in [0, 0.1) is 27.8 Å². The van der Waals surface area contributed by atoms with Crippen molar-refractivity contribution in [3.8, 4) is 0 Å². The summed E-state index contributed by atoms with van der Waals surface area (Å²) in [7, 11) is 0. The Hall–Kier alpha value is -3.00. The maximum absolute atomic E-state index is 13.5. The van der Waals surface area contributed by atoms with Gasteiger partial charge in [0.25, 0.3) is 0 Å². The Balaban J connectivity index is 1.71. The van der Waals surface area contributed by atoms with Crippen molar-refractivity contribution in [2.45, 2.75) is 37.8 Å². The van der Waals surface area contributed by atoms with Crippen molar-refractivity contribution in [2.24, 2.45) is 11.8 Å². The summed E-state index contributed by atoms with van der Waals surface area (Å²) in [4.78, 5) is 29.9. The van der Waals surface area contributed by atoms with Gasteiger partial charge in [-0.3, -0.25) is 15.0 Å². The molecule has 31 heavy (non-hydrogen) atoms. The summed E-state index contributed by atoms with van der Waals surface area (Å²) in [5.41, 5.74) is 1.51. The molecule has 0 amide bonds. The van der Waals surface area contributed by atoms with Gasteiger partial charge in [0.05, 0.1) is 24.3 Å². The highest BCUT2D eigenvalue weighted by atomic mass is 19.1. The summed E-state index contributed by atoms with van der Waals surface area (Å²) < 4.78 is 18.7. The molecule has 1 unspecified atom stereocenters. The van der Waals surface area contributed by atoms with Gasteiger partial charge in [-0.05, 0) is 55.5 Å². The summed E-state index contributed by atoms with van der Waals surface area (Å²) in [6.07, 6.45) is 0.644. The number of para-hydroxylation sites is 1. The van der Waals surface area contributed by atoms with Gasteiger partial charge in [0.1, 0.15) is 5.82 Å². The minimum atomic E-state index is -0.750. The highest BCUT2D eigenvalue weighted by molar-refractivity contribution is 5.76. The molecule has 8 heteroatoms. The van der Waals surface area contributed by atoms with E-state index in [1.54, 1.807) is 24.1 Å². The molecule has 4 rings (SSSR count). The van der Waals surface area contributed by atoms with Crippen molar-refractivity contribution < 1.29 is 23.7 Å². The molecule has 0 bridgehead atoms. The molecule has 1 saturated heterocycles. The van der Waals surface area contributed by atoms with Gasteiger partial charge >= 0.3 is 5.97 Å². The van der Waals surface area contributed by atoms with E-state index in [2.05, 4.69) is 0 Å². The van der Waals surface area contributed by atoms with Gasteiger partial charge in [-0.25, -0.2) is 14.2 Å². The molecular weight excluding hydrogens is 403 g/mol. The summed E-state index contributed by atoms with van der Waals surface area (Å²) in [6.45, 7) is 1.73. The number of nitrogens with zero attached hydrogens (tertiary/aromatic N) is 2. The predicted molar refractivity (Wildman–Crippen MR) is 111 cm³/mol. The summed E-state index contributed by atoms with van der Waals surface area (Å²) in [5.74, 6) is -1.50. The minimum Gasteiger partial charge on any atom is -0.464 e. The second-order valence-corrected chi connectivity index (χ2v) is 8.01. The van der Waals surface area contributed by atoms with E-state index in [-0.39, 0.29) is 41.8 Å². The van der Waals surface area contributed by atoms with Crippen LogP contribution in [0.2, 0.25) is 0 Å². The van der Waals surface area contributed by atoms with Crippen LogP contribution in [0.25, 0.3) is 0 Å². The van der Waals surface area contributed by atoms with Crippen LogP contribution in [-0.4, -0.2) is 36.2 Å². The maximum Gasteiger partial charge on any atom is 0.338 e. The monoisotopic (exact) mass is 428 g/mol. The molecule has 2 aromatic rings. The number of esters is 1. The number of hydrogen-bond donors (Lipinski definition) is 0. The summed E-state index contributed by atoms with van der Waals surface area (Å²) in [5, 5.41) is 13.3. The van der Waals surface area contributed by atoms with Crippen LogP contribution in [-0.2, 0) is 14.4 Å². The van der Waals surface area contributed by atoms with Crippen LogP contribution in [0.3, 0.4) is 0 Å². The third-order valence-electron chi connectivity index (χ3n) is 6.29. The van der Waals surface area contributed by atoms with E-state index in [1.165, 1.54) is 12.1 Å². The molecule has 1 aliphatic heterocycles. The molecule has 164 valence electrons. The molecule has 1 aliphatic carbocycles. The molecule has 2 aliphatic rings. The van der Waals surface area contributed by atoms with Crippen LogP contribution in [0.15, 0.2) is 54.6 Å². The molecule has 1 heterocycles. The highest BCUT2D eigenvalue weighted by Crippen LogP contribution is 2.50. The molecule has 0 N–H and O–H groups in total. The normalized spacial score (nSPS) is 25.8. The van der Waals surface area contributed by atoms with Crippen LogP contribution in [0.4, 0.5) is 10.1 Å².